The van der Waals surface area contributed by atoms with Gasteiger partial charge in [-0.25, -0.2) is 4.98 Å². The lowest BCUT2D eigenvalue weighted by molar-refractivity contribution is -0.145. The molecule has 1 aromatic heterocycles. The van der Waals surface area contributed by atoms with E-state index in [2.05, 4.69) is 4.98 Å². The van der Waals surface area contributed by atoms with E-state index in [9.17, 15) is 9.59 Å². The van der Waals surface area contributed by atoms with E-state index >= 15 is 0 Å². The second-order valence-corrected chi connectivity index (χ2v) is 6.51. The molecular weight excluding hydrogens is 276 g/mol. The highest BCUT2D eigenvalue weighted by molar-refractivity contribution is 7.09. The summed E-state index contributed by atoms with van der Waals surface area (Å²) in [5.41, 5.74) is 0.897. The highest BCUT2D eigenvalue weighted by atomic mass is 32.1. The number of rotatable bonds is 4. The molecule has 5 nitrogen and oxygen atoms in total. The molecule has 1 aliphatic carbocycles. The average Bonchev–Trinajstić information content (AvgIpc) is 2.83. The number of carbonyl (C=O) groups is 2. The first-order chi connectivity index (χ1) is 9.47. The van der Waals surface area contributed by atoms with Crippen molar-refractivity contribution in [1.82, 2.24) is 9.88 Å². The molecule has 6 heteroatoms. The third-order valence-electron chi connectivity index (χ3n) is 3.81. The number of aromatic nitrogens is 1. The van der Waals surface area contributed by atoms with Crippen LogP contribution in [0.1, 0.15) is 36.4 Å². The van der Waals surface area contributed by atoms with Crippen LogP contribution in [-0.4, -0.2) is 33.9 Å². The molecule has 0 aromatic carbocycles. The van der Waals surface area contributed by atoms with Gasteiger partial charge < -0.3 is 10.0 Å². The number of thiazole rings is 1. The Morgan fingerprint density at radius 2 is 2.15 bits per heavy atom. The zero-order chi connectivity index (χ0) is 14.7. The van der Waals surface area contributed by atoms with Crippen molar-refractivity contribution >= 4 is 23.2 Å². The molecule has 1 heterocycles. The molecule has 0 aliphatic heterocycles. The SMILES string of the molecule is Cc1nc(CN(C)C(=O)[C@H]2CCC[C@@H](C(=O)O)C2)cs1. The molecule has 0 spiro atoms. The van der Waals surface area contributed by atoms with E-state index in [1.807, 2.05) is 12.3 Å². The smallest absolute Gasteiger partial charge is 0.306 e. The van der Waals surface area contributed by atoms with Gasteiger partial charge in [0, 0.05) is 18.3 Å². The number of nitrogens with zero attached hydrogens (tertiary/aromatic N) is 2. The largest absolute Gasteiger partial charge is 0.481 e. The van der Waals surface area contributed by atoms with Crippen molar-refractivity contribution in [1.29, 1.82) is 0 Å². The molecule has 1 aliphatic rings. The number of carboxylic acids is 1. The summed E-state index contributed by atoms with van der Waals surface area (Å²) < 4.78 is 0. The van der Waals surface area contributed by atoms with Gasteiger partial charge in [-0.05, 0) is 26.2 Å². The number of hydrogen-bond acceptors (Lipinski definition) is 4. The van der Waals surface area contributed by atoms with Gasteiger partial charge in [-0.2, -0.15) is 0 Å². The predicted octanol–water partition coefficient (Wildman–Crippen LogP) is 2.30. The summed E-state index contributed by atoms with van der Waals surface area (Å²) in [5, 5.41) is 12.0. The Hall–Kier alpha value is -1.43. The van der Waals surface area contributed by atoms with Crippen molar-refractivity contribution in [2.75, 3.05) is 7.05 Å². The van der Waals surface area contributed by atoms with E-state index in [1.165, 1.54) is 0 Å². The average molecular weight is 296 g/mol. The lowest BCUT2D eigenvalue weighted by Crippen LogP contribution is -2.36. The van der Waals surface area contributed by atoms with E-state index in [0.717, 1.165) is 23.5 Å². The molecule has 110 valence electrons. The van der Waals surface area contributed by atoms with Crippen LogP contribution in [0.15, 0.2) is 5.38 Å². The molecule has 1 N–H and O–H groups in total. The van der Waals surface area contributed by atoms with Crippen LogP contribution < -0.4 is 0 Å². The van der Waals surface area contributed by atoms with Crippen molar-refractivity contribution in [3.8, 4) is 0 Å². The lowest BCUT2D eigenvalue weighted by atomic mass is 9.81. The quantitative estimate of drug-likeness (QED) is 0.925. The maximum Gasteiger partial charge on any atom is 0.306 e. The molecule has 0 saturated heterocycles. The number of carbonyl (C=O) groups excluding carboxylic acids is 1. The normalized spacial score (nSPS) is 22.5. The molecule has 1 aromatic rings. The molecule has 0 radical (unpaired) electrons. The molecule has 1 amide bonds. The van der Waals surface area contributed by atoms with E-state index in [-0.39, 0.29) is 17.7 Å². The number of carboxylic acid groups (broad SMARTS) is 1. The number of amides is 1. The Morgan fingerprint density at radius 1 is 1.45 bits per heavy atom. The van der Waals surface area contributed by atoms with Gasteiger partial charge in [0.05, 0.1) is 23.2 Å². The number of aliphatic carboxylic acids is 1. The predicted molar refractivity (Wildman–Crippen MR) is 76.4 cm³/mol. The van der Waals surface area contributed by atoms with Crippen molar-refractivity contribution in [3.63, 3.8) is 0 Å². The third kappa shape index (κ3) is 3.56. The Kier molecular flexibility index (Phi) is 4.75. The van der Waals surface area contributed by atoms with Gasteiger partial charge in [0.2, 0.25) is 5.91 Å². The maximum absolute atomic E-state index is 12.4. The van der Waals surface area contributed by atoms with Crippen LogP contribution >= 0.6 is 11.3 Å². The molecule has 20 heavy (non-hydrogen) atoms. The van der Waals surface area contributed by atoms with Crippen molar-refractivity contribution < 1.29 is 14.7 Å². The zero-order valence-electron chi connectivity index (χ0n) is 11.8. The summed E-state index contributed by atoms with van der Waals surface area (Å²) >= 11 is 1.57. The van der Waals surface area contributed by atoms with E-state index in [4.69, 9.17) is 5.11 Å². The second-order valence-electron chi connectivity index (χ2n) is 5.45. The van der Waals surface area contributed by atoms with Crippen molar-refractivity contribution in [3.05, 3.63) is 16.1 Å². The summed E-state index contributed by atoms with van der Waals surface area (Å²) in [7, 11) is 1.77. The maximum atomic E-state index is 12.4. The number of hydrogen-bond donors (Lipinski definition) is 1. The molecule has 0 unspecified atom stereocenters. The van der Waals surface area contributed by atoms with Crippen LogP contribution in [0.2, 0.25) is 0 Å². The summed E-state index contributed by atoms with van der Waals surface area (Å²) in [6.45, 7) is 2.44. The van der Waals surface area contributed by atoms with Crippen molar-refractivity contribution in [2.45, 2.75) is 39.2 Å². The lowest BCUT2D eigenvalue weighted by Gasteiger charge is -2.29. The summed E-state index contributed by atoms with van der Waals surface area (Å²) in [6.07, 6.45) is 2.77. The highest BCUT2D eigenvalue weighted by Gasteiger charge is 2.32. The topological polar surface area (TPSA) is 70.5 Å². The Morgan fingerprint density at radius 3 is 2.75 bits per heavy atom. The van der Waals surface area contributed by atoms with Crippen LogP contribution in [0.5, 0.6) is 0 Å². The zero-order valence-corrected chi connectivity index (χ0v) is 12.7. The minimum Gasteiger partial charge on any atom is -0.481 e. The summed E-state index contributed by atoms with van der Waals surface area (Å²) in [6, 6.07) is 0. The standard InChI is InChI=1S/C14H20N2O3S/c1-9-15-12(8-20-9)7-16(2)13(17)10-4-3-5-11(6-10)14(18)19/h8,10-11H,3-7H2,1-2H3,(H,18,19)/t10-,11+/m0/s1. The molecular formula is C14H20N2O3S. The fourth-order valence-electron chi connectivity index (χ4n) is 2.75. The highest BCUT2D eigenvalue weighted by Crippen LogP contribution is 2.30. The van der Waals surface area contributed by atoms with Crippen LogP contribution in [0.25, 0.3) is 0 Å². The summed E-state index contributed by atoms with van der Waals surface area (Å²) in [5.74, 6) is -1.26. The van der Waals surface area contributed by atoms with Crippen LogP contribution in [0.4, 0.5) is 0 Å². The number of aryl methyl sites for hydroxylation is 1. The molecule has 1 fully saturated rings. The van der Waals surface area contributed by atoms with Gasteiger partial charge in [-0.3, -0.25) is 9.59 Å². The molecule has 1 saturated carbocycles. The summed E-state index contributed by atoms with van der Waals surface area (Å²) in [4.78, 5) is 29.5. The van der Waals surface area contributed by atoms with E-state index in [0.29, 0.717) is 19.4 Å². The first-order valence-corrected chi connectivity index (χ1v) is 7.74. The minimum absolute atomic E-state index is 0.0432. The van der Waals surface area contributed by atoms with Crippen LogP contribution in [0.3, 0.4) is 0 Å². The van der Waals surface area contributed by atoms with Gasteiger partial charge in [0.15, 0.2) is 0 Å². The van der Waals surface area contributed by atoms with Crippen LogP contribution in [-0.2, 0) is 16.1 Å². The van der Waals surface area contributed by atoms with Gasteiger partial charge in [0.25, 0.3) is 0 Å². The minimum atomic E-state index is -0.778. The van der Waals surface area contributed by atoms with E-state index in [1.54, 1.807) is 23.3 Å². The van der Waals surface area contributed by atoms with Crippen LogP contribution in [0, 0.1) is 18.8 Å². The Balaban J connectivity index is 1.94. The molecule has 2 atom stereocenters. The Labute approximate surface area is 122 Å². The van der Waals surface area contributed by atoms with Gasteiger partial charge >= 0.3 is 5.97 Å². The fourth-order valence-corrected chi connectivity index (χ4v) is 3.36. The molecule has 2 rings (SSSR count). The van der Waals surface area contributed by atoms with Crippen molar-refractivity contribution in [2.24, 2.45) is 11.8 Å². The van der Waals surface area contributed by atoms with Gasteiger partial charge in [-0.1, -0.05) is 6.42 Å². The first-order valence-electron chi connectivity index (χ1n) is 6.86. The van der Waals surface area contributed by atoms with E-state index < -0.39 is 5.97 Å². The Bertz CT molecular complexity index is 500. The van der Waals surface area contributed by atoms with Gasteiger partial charge in [-0.15, -0.1) is 11.3 Å². The second kappa shape index (κ2) is 6.35. The monoisotopic (exact) mass is 296 g/mol. The fraction of sp³-hybridized carbons (Fsp3) is 0.643. The molecule has 0 bridgehead atoms. The third-order valence-corrected chi connectivity index (χ3v) is 4.64. The first kappa shape index (κ1) is 15.0. The van der Waals surface area contributed by atoms with Gasteiger partial charge in [0.1, 0.15) is 0 Å².